The van der Waals surface area contributed by atoms with E-state index in [1.165, 1.54) is 25.1 Å². The van der Waals surface area contributed by atoms with E-state index >= 15 is 8.78 Å². The van der Waals surface area contributed by atoms with Gasteiger partial charge < -0.3 is 5.11 Å². The third-order valence-electron chi connectivity index (χ3n) is 10.1. The number of fused-ring (bicyclic) bond motifs is 4. The van der Waals surface area contributed by atoms with Crippen molar-refractivity contribution in [3.05, 3.63) is 106 Å². The van der Waals surface area contributed by atoms with Crippen LogP contribution in [0.2, 0.25) is 0 Å². The monoisotopic (exact) mass is 704 g/mol. The van der Waals surface area contributed by atoms with Gasteiger partial charge in [0, 0.05) is 5.92 Å². The molecule has 4 aliphatic rings. The Morgan fingerprint density at radius 2 is 1.46 bits per heavy atom. The van der Waals surface area contributed by atoms with Crippen LogP contribution < -0.4 is 4.90 Å². The molecule has 0 bridgehead atoms. The van der Waals surface area contributed by atoms with Crippen molar-refractivity contribution in [2.75, 3.05) is 4.90 Å². The molecule has 7 rings (SSSR count). The molecule has 2 saturated heterocycles. The smallest absolute Gasteiger partial charge is 0.258 e. The minimum atomic E-state index is -2.63. The number of anilines is 1. The topological polar surface area (TPSA) is 95.0 Å². The first kappa shape index (κ1) is 32.3. The number of amides is 4. The van der Waals surface area contributed by atoms with Gasteiger partial charge in [-0.25, -0.2) is 26.9 Å². The van der Waals surface area contributed by atoms with E-state index in [1.807, 2.05) is 0 Å². The molecule has 2 aliphatic carbocycles. The molecule has 6 atom stereocenters. The molecule has 1 N–H and O–H groups in total. The molecule has 248 valence electrons. The standard InChI is InChI=1S/C34H23Cl2F5N2O5/c1-14-11-16(7-10-20(14)44)22-17-8-9-18-21(30(46)42(29(18)45)13-15-5-3-2-4-6-15)19(17)12-33(35)31(47)43(32(48)34(22,33)36)28-26(40)24(38)23(37)25(39)27(28)41/h2-8,10-11,18-19,21-22,44H,9,12-13H2,1H3/t18-,19+,21-,22-,33+,34-/m0/s1. The number of hydrogen-bond acceptors (Lipinski definition) is 5. The van der Waals surface area contributed by atoms with Gasteiger partial charge in [-0.1, -0.05) is 54.1 Å². The average molecular weight is 705 g/mol. The molecule has 3 fully saturated rings. The number of halogens is 7. The van der Waals surface area contributed by atoms with E-state index < -0.39 is 98.2 Å². The van der Waals surface area contributed by atoms with Gasteiger partial charge in [-0.05, 0) is 48.4 Å². The SMILES string of the molecule is Cc1cc([C@H]2C3=CC[C@@H]4C(=O)N(Cc5ccccc5)C(=O)[C@@H]4[C@@H]3C[C@@]3(Cl)C(=O)N(c4c(F)c(F)c(F)c(F)c4F)C(=O)[C@@]23Cl)ccc1O. The number of carbonyl (C=O) groups is 4. The van der Waals surface area contributed by atoms with Crippen molar-refractivity contribution in [3.63, 3.8) is 0 Å². The van der Waals surface area contributed by atoms with Crippen LogP contribution in [-0.2, 0) is 25.7 Å². The Morgan fingerprint density at radius 3 is 2.08 bits per heavy atom. The van der Waals surface area contributed by atoms with Crippen molar-refractivity contribution in [3.8, 4) is 5.75 Å². The third kappa shape index (κ3) is 4.11. The number of benzene rings is 3. The van der Waals surface area contributed by atoms with E-state index in [-0.39, 0.29) is 29.2 Å². The predicted octanol–water partition coefficient (Wildman–Crippen LogP) is 6.16. The van der Waals surface area contributed by atoms with Gasteiger partial charge in [-0.15, -0.1) is 23.2 Å². The second-order valence-electron chi connectivity index (χ2n) is 12.5. The number of carbonyl (C=O) groups excluding carboxylic acids is 4. The molecule has 4 amide bonds. The largest absolute Gasteiger partial charge is 0.508 e. The maximum Gasteiger partial charge on any atom is 0.258 e. The summed E-state index contributed by atoms with van der Waals surface area (Å²) in [6, 6.07) is 12.8. The van der Waals surface area contributed by atoms with Gasteiger partial charge in [0.1, 0.15) is 11.4 Å². The Bertz CT molecular complexity index is 1980. The summed E-state index contributed by atoms with van der Waals surface area (Å²) in [6.45, 7) is 1.49. The van der Waals surface area contributed by atoms with E-state index in [4.69, 9.17) is 23.2 Å². The van der Waals surface area contributed by atoms with Crippen molar-refractivity contribution in [2.24, 2.45) is 17.8 Å². The Balaban J connectivity index is 1.41. The number of aromatic hydroxyl groups is 1. The number of imide groups is 2. The first-order chi connectivity index (χ1) is 22.6. The number of likely N-dealkylation sites (tertiary alicyclic amines) is 1. The number of phenolic OH excluding ortho intramolecular Hbond substituents is 1. The fourth-order valence-corrected chi connectivity index (χ4v) is 8.72. The lowest BCUT2D eigenvalue weighted by Gasteiger charge is -2.50. The molecule has 7 nitrogen and oxygen atoms in total. The molecule has 14 heteroatoms. The Kier molecular flexibility index (Phi) is 7.30. The lowest BCUT2D eigenvalue weighted by Crippen LogP contribution is -2.60. The van der Waals surface area contributed by atoms with Gasteiger partial charge in [0.25, 0.3) is 11.8 Å². The molecule has 0 radical (unpaired) electrons. The summed E-state index contributed by atoms with van der Waals surface area (Å²) < 4.78 is 73.0. The number of phenols is 1. The van der Waals surface area contributed by atoms with Gasteiger partial charge in [-0.3, -0.25) is 24.1 Å². The van der Waals surface area contributed by atoms with Crippen LogP contribution in [-0.4, -0.2) is 43.4 Å². The zero-order valence-electron chi connectivity index (χ0n) is 24.7. The van der Waals surface area contributed by atoms with E-state index in [0.29, 0.717) is 16.7 Å². The Hall–Kier alpha value is -4.29. The van der Waals surface area contributed by atoms with Crippen LogP contribution in [0.1, 0.15) is 35.4 Å². The normalized spacial score (nSPS) is 29.6. The highest BCUT2D eigenvalue weighted by Gasteiger charge is 2.77. The van der Waals surface area contributed by atoms with E-state index in [0.717, 1.165) is 4.90 Å². The second kappa shape index (κ2) is 10.9. The second-order valence-corrected chi connectivity index (χ2v) is 13.7. The highest BCUT2D eigenvalue weighted by Crippen LogP contribution is 2.66. The summed E-state index contributed by atoms with van der Waals surface area (Å²) >= 11 is 14.2. The molecular weight excluding hydrogens is 682 g/mol. The van der Waals surface area contributed by atoms with Crippen LogP contribution in [0, 0.1) is 53.8 Å². The van der Waals surface area contributed by atoms with Crippen molar-refractivity contribution < 1.29 is 46.2 Å². The Morgan fingerprint density at radius 1 is 0.833 bits per heavy atom. The van der Waals surface area contributed by atoms with Gasteiger partial charge in [-0.2, -0.15) is 0 Å². The number of rotatable bonds is 4. The number of alkyl halides is 2. The summed E-state index contributed by atoms with van der Waals surface area (Å²) in [7, 11) is 0. The minimum Gasteiger partial charge on any atom is -0.508 e. The van der Waals surface area contributed by atoms with Gasteiger partial charge in [0.05, 0.1) is 18.4 Å². The van der Waals surface area contributed by atoms with Crippen LogP contribution in [0.15, 0.2) is 60.2 Å². The molecule has 2 aliphatic heterocycles. The molecule has 1 saturated carbocycles. The van der Waals surface area contributed by atoms with Crippen LogP contribution in [0.5, 0.6) is 5.75 Å². The molecule has 2 heterocycles. The van der Waals surface area contributed by atoms with Crippen molar-refractivity contribution >= 4 is 52.5 Å². The van der Waals surface area contributed by atoms with E-state index in [9.17, 15) is 37.5 Å². The quantitative estimate of drug-likeness (QED) is 0.0877. The van der Waals surface area contributed by atoms with E-state index in [2.05, 4.69) is 0 Å². The number of allylic oxidation sites excluding steroid dienone is 2. The zero-order chi connectivity index (χ0) is 34.6. The maximum absolute atomic E-state index is 15.2. The summed E-state index contributed by atoms with van der Waals surface area (Å²) in [4.78, 5) is 51.8. The summed E-state index contributed by atoms with van der Waals surface area (Å²) in [5, 5.41) is 10.3. The van der Waals surface area contributed by atoms with Crippen molar-refractivity contribution in [2.45, 2.75) is 42.0 Å². The molecule has 0 unspecified atom stereocenters. The summed E-state index contributed by atoms with van der Waals surface area (Å²) in [5.74, 6) is -20.9. The fraction of sp³-hybridized carbons (Fsp3) is 0.294. The van der Waals surface area contributed by atoms with E-state index in [1.54, 1.807) is 36.4 Å². The highest BCUT2D eigenvalue weighted by molar-refractivity contribution is 6.58. The first-order valence-electron chi connectivity index (χ1n) is 14.8. The average Bonchev–Trinajstić information content (AvgIpc) is 3.39. The van der Waals surface area contributed by atoms with Gasteiger partial charge in [0.2, 0.25) is 17.6 Å². The predicted molar refractivity (Wildman–Crippen MR) is 161 cm³/mol. The van der Waals surface area contributed by atoms with Crippen LogP contribution in [0.4, 0.5) is 27.6 Å². The van der Waals surface area contributed by atoms with Crippen LogP contribution >= 0.6 is 23.2 Å². The Labute approximate surface area is 279 Å². The van der Waals surface area contributed by atoms with Crippen LogP contribution in [0.3, 0.4) is 0 Å². The summed E-state index contributed by atoms with van der Waals surface area (Å²) in [5.41, 5.74) is -0.323. The zero-order valence-corrected chi connectivity index (χ0v) is 26.3. The van der Waals surface area contributed by atoms with Crippen molar-refractivity contribution in [1.29, 1.82) is 0 Å². The molecule has 0 spiro atoms. The fourth-order valence-electron chi connectivity index (χ4n) is 7.79. The van der Waals surface area contributed by atoms with Gasteiger partial charge in [0.15, 0.2) is 33.0 Å². The van der Waals surface area contributed by atoms with Crippen LogP contribution in [0.25, 0.3) is 0 Å². The molecule has 48 heavy (non-hydrogen) atoms. The molecular formula is C34H23Cl2F5N2O5. The molecule has 3 aromatic rings. The minimum absolute atomic E-state index is 0.0334. The lowest BCUT2D eigenvalue weighted by molar-refractivity contribution is -0.141. The van der Waals surface area contributed by atoms with Crippen molar-refractivity contribution in [1.82, 2.24) is 4.90 Å². The van der Waals surface area contributed by atoms with Gasteiger partial charge >= 0.3 is 0 Å². The first-order valence-corrected chi connectivity index (χ1v) is 15.6. The highest BCUT2D eigenvalue weighted by atomic mass is 35.5. The summed E-state index contributed by atoms with van der Waals surface area (Å²) in [6.07, 6.45) is 1.06. The third-order valence-corrected chi connectivity index (χ3v) is 11.5. The number of hydrogen-bond donors (Lipinski definition) is 1. The lowest BCUT2D eigenvalue weighted by atomic mass is 9.56. The number of aryl methyl sites for hydroxylation is 1. The molecule has 3 aromatic carbocycles. The molecule has 0 aromatic heterocycles. The number of nitrogens with zero attached hydrogens (tertiary/aromatic N) is 2. The maximum atomic E-state index is 15.2.